The Bertz CT molecular complexity index is 1690. The zero-order valence-electron chi connectivity index (χ0n) is 24.7. The van der Waals surface area contributed by atoms with E-state index in [1.807, 2.05) is 60.6 Å². The highest BCUT2D eigenvalue weighted by molar-refractivity contribution is 9.10. The molecule has 11 heteroatoms. The van der Waals surface area contributed by atoms with Crippen molar-refractivity contribution in [1.82, 2.24) is 4.90 Å². The number of rotatable bonds is 6. The number of amidine groups is 1. The van der Waals surface area contributed by atoms with Crippen LogP contribution in [0.4, 0.5) is 11.4 Å². The second-order valence-corrected chi connectivity index (χ2v) is 13.4. The SMILES string of the molecule is COC(=O)/C(C)=C1/N(c2ccc(Cl)cc2)C(=Nc2ccc(Cl)cc2)[C@@](C)(C(=O)OC)[C@@]12SC=C(C)N2Cc1ccc(Br)cc1. The van der Waals surface area contributed by atoms with Gasteiger partial charge in [0.15, 0.2) is 10.3 Å². The maximum Gasteiger partial charge on any atom is 0.335 e. The van der Waals surface area contributed by atoms with E-state index in [-0.39, 0.29) is 0 Å². The smallest absolute Gasteiger partial charge is 0.335 e. The highest BCUT2D eigenvalue weighted by Crippen LogP contribution is 2.64. The third-order valence-corrected chi connectivity index (χ3v) is 10.6. The lowest BCUT2D eigenvalue weighted by Crippen LogP contribution is -2.57. The van der Waals surface area contributed by atoms with Gasteiger partial charge in [-0.3, -0.25) is 9.69 Å². The van der Waals surface area contributed by atoms with E-state index in [1.165, 1.54) is 26.0 Å². The Morgan fingerprint density at radius 1 is 0.932 bits per heavy atom. The molecule has 228 valence electrons. The molecule has 5 rings (SSSR count). The monoisotopic (exact) mass is 713 g/mol. The molecule has 0 bridgehead atoms. The molecule has 0 N–H and O–H groups in total. The summed E-state index contributed by atoms with van der Waals surface area (Å²) in [5, 5.41) is 3.10. The Hall–Kier alpha value is -3.24. The van der Waals surface area contributed by atoms with Crippen LogP contribution in [0.1, 0.15) is 26.3 Å². The fraction of sp³-hybridized carbons (Fsp3) is 0.242. The number of anilines is 1. The highest BCUT2D eigenvalue weighted by Gasteiger charge is 2.72. The molecule has 0 unspecified atom stereocenters. The molecule has 3 aromatic carbocycles. The first kappa shape index (κ1) is 32.2. The number of hydrogen-bond donors (Lipinski definition) is 0. The number of benzene rings is 3. The standard InChI is InChI=1S/C33H30BrCl2N3O4S/c1-20-19-44-33(38(20)18-22-6-8-23(34)9-7-22)28(21(2)29(40)42-4)39(27-16-12-25(36)13-17-27)30(32(33,3)31(41)43-5)37-26-14-10-24(35)11-15-26/h6-17,19H,18H2,1-5H3/b28-21+,37-30?/t32-,33-/m0/s1. The predicted molar refractivity (Wildman–Crippen MR) is 181 cm³/mol. The van der Waals surface area contributed by atoms with Crippen LogP contribution in [-0.2, 0) is 25.6 Å². The average Bonchev–Trinajstić information content (AvgIpc) is 3.46. The van der Waals surface area contributed by atoms with Crippen molar-refractivity contribution in [1.29, 1.82) is 0 Å². The van der Waals surface area contributed by atoms with Crippen LogP contribution in [0.5, 0.6) is 0 Å². The van der Waals surface area contributed by atoms with Crippen LogP contribution >= 0.6 is 50.9 Å². The van der Waals surface area contributed by atoms with Gasteiger partial charge in [-0.1, -0.05) is 63.0 Å². The molecule has 44 heavy (non-hydrogen) atoms. The molecule has 1 fully saturated rings. The van der Waals surface area contributed by atoms with E-state index >= 15 is 0 Å². The molecule has 7 nitrogen and oxygen atoms in total. The average molecular weight is 715 g/mol. The number of carbonyl (C=O) groups excluding carboxylic acids is 2. The fourth-order valence-corrected chi connectivity index (χ4v) is 7.83. The largest absolute Gasteiger partial charge is 0.468 e. The van der Waals surface area contributed by atoms with Crippen LogP contribution in [-0.4, -0.2) is 41.8 Å². The maximum atomic E-state index is 14.4. The van der Waals surface area contributed by atoms with Crippen LogP contribution < -0.4 is 4.90 Å². The third kappa shape index (κ3) is 5.34. The number of halogens is 3. The van der Waals surface area contributed by atoms with E-state index in [0.29, 0.717) is 45.1 Å². The zero-order valence-corrected chi connectivity index (χ0v) is 28.6. The van der Waals surface area contributed by atoms with Gasteiger partial charge in [0.05, 0.1) is 31.2 Å². The number of ether oxygens (including phenoxy) is 2. The summed E-state index contributed by atoms with van der Waals surface area (Å²) < 4.78 is 11.8. The minimum absolute atomic E-state index is 0.315. The predicted octanol–water partition coefficient (Wildman–Crippen LogP) is 8.74. The van der Waals surface area contributed by atoms with Gasteiger partial charge in [-0.15, -0.1) is 0 Å². The number of carbonyl (C=O) groups is 2. The summed E-state index contributed by atoms with van der Waals surface area (Å²) in [7, 11) is 2.70. The Kier molecular flexibility index (Phi) is 9.23. The van der Waals surface area contributed by atoms with Crippen molar-refractivity contribution >= 4 is 80.0 Å². The summed E-state index contributed by atoms with van der Waals surface area (Å²) in [6.45, 7) is 5.95. The Labute approximate surface area is 279 Å². The summed E-state index contributed by atoms with van der Waals surface area (Å²) >= 11 is 17.5. The van der Waals surface area contributed by atoms with Crippen molar-refractivity contribution in [3.05, 3.63) is 115 Å². The zero-order chi connectivity index (χ0) is 31.8. The lowest BCUT2D eigenvalue weighted by Gasteiger charge is -2.45. The van der Waals surface area contributed by atoms with E-state index in [1.54, 1.807) is 43.3 Å². The minimum Gasteiger partial charge on any atom is -0.468 e. The molecule has 2 aliphatic rings. The molecular weight excluding hydrogens is 685 g/mol. The quantitative estimate of drug-likeness (QED) is 0.187. The molecule has 0 radical (unpaired) electrons. The van der Waals surface area contributed by atoms with E-state index in [4.69, 9.17) is 37.7 Å². The number of nitrogens with zero attached hydrogens (tertiary/aromatic N) is 3. The topological polar surface area (TPSA) is 71.4 Å². The van der Waals surface area contributed by atoms with Crippen LogP contribution in [0, 0.1) is 5.41 Å². The number of hydrogen-bond acceptors (Lipinski definition) is 7. The summed E-state index contributed by atoms with van der Waals surface area (Å²) in [6.07, 6.45) is 0. The van der Waals surface area contributed by atoms with E-state index in [0.717, 1.165) is 15.7 Å². The van der Waals surface area contributed by atoms with Gasteiger partial charge in [0.25, 0.3) is 0 Å². The molecule has 0 amide bonds. The number of aliphatic imine (C=N–C) groups is 1. The third-order valence-electron chi connectivity index (χ3n) is 7.93. The van der Waals surface area contributed by atoms with Crippen molar-refractivity contribution in [2.24, 2.45) is 10.4 Å². The summed E-state index contributed by atoms with van der Waals surface area (Å²) in [5.74, 6) is -0.691. The molecule has 0 saturated carbocycles. The summed E-state index contributed by atoms with van der Waals surface area (Å²) in [4.78, 5) is 35.7. The molecule has 0 aromatic heterocycles. The summed E-state index contributed by atoms with van der Waals surface area (Å²) in [5.41, 5.74) is 2.52. The number of methoxy groups -OCH3 is 2. The van der Waals surface area contributed by atoms with Crippen molar-refractivity contribution in [2.75, 3.05) is 19.1 Å². The second-order valence-electron chi connectivity index (χ2n) is 10.5. The molecule has 1 saturated heterocycles. The van der Waals surface area contributed by atoms with Gasteiger partial charge < -0.3 is 14.4 Å². The van der Waals surface area contributed by atoms with E-state index in [2.05, 4.69) is 20.8 Å². The fourth-order valence-electron chi connectivity index (χ4n) is 5.74. The van der Waals surface area contributed by atoms with Crippen LogP contribution in [0.25, 0.3) is 0 Å². The molecular formula is C33H30BrCl2N3O4S. The molecule has 2 aliphatic heterocycles. The molecule has 0 aliphatic carbocycles. The maximum absolute atomic E-state index is 14.4. The van der Waals surface area contributed by atoms with E-state index < -0.39 is 22.2 Å². The minimum atomic E-state index is -1.46. The van der Waals surface area contributed by atoms with Crippen LogP contribution in [0.2, 0.25) is 10.0 Å². The lowest BCUT2D eigenvalue weighted by atomic mass is 9.79. The second kappa shape index (κ2) is 12.6. The van der Waals surface area contributed by atoms with Crippen LogP contribution in [0.15, 0.2) is 105 Å². The van der Waals surface area contributed by atoms with Gasteiger partial charge in [-0.2, -0.15) is 0 Å². The van der Waals surface area contributed by atoms with Crippen LogP contribution in [0.3, 0.4) is 0 Å². The van der Waals surface area contributed by atoms with Gasteiger partial charge in [-0.25, -0.2) is 9.79 Å². The van der Waals surface area contributed by atoms with E-state index in [9.17, 15) is 9.59 Å². The Morgan fingerprint density at radius 2 is 1.52 bits per heavy atom. The van der Waals surface area contributed by atoms with Gasteiger partial charge in [0.2, 0.25) is 0 Å². The van der Waals surface area contributed by atoms with Crippen molar-refractivity contribution in [3.8, 4) is 0 Å². The summed E-state index contributed by atoms with van der Waals surface area (Å²) in [6, 6.07) is 22.2. The molecule has 3 aromatic rings. The highest BCUT2D eigenvalue weighted by atomic mass is 79.9. The lowest BCUT2D eigenvalue weighted by molar-refractivity contribution is -0.150. The normalized spacial score (nSPS) is 23.3. The molecule has 1 spiro atoms. The van der Waals surface area contributed by atoms with Crippen molar-refractivity contribution < 1.29 is 19.1 Å². The number of esters is 2. The number of allylic oxidation sites excluding steroid dienone is 1. The van der Waals surface area contributed by atoms with Gasteiger partial charge in [0.1, 0.15) is 5.84 Å². The molecule has 2 atom stereocenters. The Morgan fingerprint density at radius 3 is 2.09 bits per heavy atom. The first-order valence-corrected chi connectivity index (χ1v) is 16.1. The first-order valence-electron chi connectivity index (χ1n) is 13.6. The van der Waals surface area contributed by atoms with Crippen molar-refractivity contribution in [3.63, 3.8) is 0 Å². The van der Waals surface area contributed by atoms with Gasteiger partial charge in [-0.05, 0) is 92.4 Å². The first-order chi connectivity index (χ1) is 21.0. The number of thioether (sulfide) groups is 1. The van der Waals surface area contributed by atoms with Gasteiger partial charge >= 0.3 is 11.9 Å². The van der Waals surface area contributed by atoms with Crippen molar-refractivity contribution in [2.45, 2.75) is 32.2 Å². The van der Waals surface area contributed by atoms with Gasteiger partial charge in [0, 0.05) is 32.4 Å². The Balaban J connectivity index is 1.90. The molecule has 2 heterocycles.